The van der Waals surface area contributed by atoms with Gasteiger partial charge in [-0.15, -0.1) is 0 Å². The molecule has 16 heavy (non-hydrogen) atoms. The number of hydrogen-bond acceptors (Lipinski definition) is 5. The molecule has 6 nitrogen and oxygen atoms in total. The highest BCUT2D eigenvalue weighted by Gasteiger charge is 2.33. The second-order valence-electron chi connectivity index (χ2n) is 3.40. The Morgan fingerprint density at radius 2 is 2.31 bits per heavy atom. The first-order chi connectivity index (χ1) is 7.56. The zero-order chi connectivity index (χ0) is 12.2. The van der Waals surface area contributed by atoms with Gasteiger partial charge in [-0.05, 0) is 0 Å². The Morgan fingerprint density at radius 1 is 1.62 bits per heavy atom. The van der Waals surface area contributed by atoms with Gasteiger partial charge in [-0.1, -0.05) is 13.3 Å². The van der Waals surface area contributed by atoms with E-state index in [4.69, 9.17) is 14.6 Å². The number of amidine groups is 1. The van der Waals surface area contributed by atoms with Gasteiger partial charge < -0.3 is 19.9 Å². The van der Waals surface area contributed by atoms with Crippen molar-refractivity contribution in [3.63, 3.8) is 0 Å². The third kappa shape index (κ3) is 2.52. The van der Waals surface area contributed by atoms with Crippen molar-refractivity contribution >= 4 is 11.8 Å². The van der Waals surface area contributed by atoms with Crippen LogP contribution < -0.4 is 5.32 Å². The first kappa shape index (κ1) is 12.5. The zero-order valence-corrected chi connectivity index (χ0v) is 9.61. The van der Waals surface area contributed by atoms with Gasteiger partial charge in [0.15, 0.2) is 11.6 Å². The fraction of sp³-hybridized carbons (Fsp3) is 0.600. The molecule has 1 heterocycles. The Labute approximate surface area is 94.0 Å². The minimum Gasteiger partial charge on any atom is -0.482 e. The molecule has 0 aromatic rings. The summed E-state index contributed by atoms with van der Waals surface area (Å²) in [5.41, 5.74) is -0.945. The summed E-state index contributed by atoms with van der Waals surface area (Å²) < 4.78 is 10.3. The number of aliphatic carboxylic acids is 1. The molecule has 1 aliphatic heterocycles. The number of carbonyl (C=O) groups is 1. The van der Waals surface area contributed by atoms with Crippen molar-refractivity contribution < 1.29 is 19.4 Å². The summed E-state index contributed by atoms with van der Waals surface area (Å²) in [6.07, 6.45) is 3.05. The topological polar surface area (TPSA) is 80.2 Å². The predicted molar refractivity (Wildman–Crippen MR) is 57.9 cm³/mol. The fourth-order valence-corrected chi connectivity index (χ4v) is 1.51. The van der Waals surface area contributed by atoms with Crippen LogP contribution >= 0.6 is 0 Å². The van der Waals surface area contributed by atoms with Crippen LogP contribution in [-0.4, -0.2) is 36.9 Å². The molecule has 1 unspecified atom stereocenters. The van der Waals surface area contributed by atoms with Crippen LogP contribution in [0.5, 0.6) is 0 Å². The third-order valence-corrected chi connectivity index (χ3v) is 2.28. The second kappa shape index (κ2) is 4.98. The molecule has 0 saturated carbocycles. The van der Waals surface area contributed by atoms with Crippen LogP contribution in [0.25, 0.3) is 0 Å². The van der Waals surface area contributed by atoms with E-state index in [-0.39, 0.29) is 5.84 Å². The van der Waals surface area contributed by atoms with Crippen LogP contribution in [0.15, 0.2) is 17.0 Å². The average Bonchev–Trinajstić information content (AvgIpc) is 2.28. The number of carboxylic acids is 1. The van der Waals surface area contributed by atoms with Crippen molar-refractivity contribution in [1.82, 2.24) is 5.32 Å². The largest absolute Gasteiger partial charge is 0.482 e. The van der Waals surface area contributed by atoms with Crippen LogP contribution in [0, 0.1) is 0 Å². The lowest BCUT2D eigenvalue weighted by Crippen LogP contribution is -2.42. The molecule has 0 radical (unpaired) electrons. The zero-order valence-electron chi connectivity index (χ0n) is 9.61. The van der Waals surface area contributed by atoms with Crippen LogP contribution in [0.1, 0.15) is 19.8 Å². The summed E-state index contributed by atoms with van der Waals surface area (Å²) in [5.74, 6) is -0.975. The lowest BCUT2D eigenvalue weighted by atomic mass is 10.1. The third-order valence-electron chi connectivity index (χ3n) is 2.28. The Morgan fingerprint density at radius 3 is 2.75 bits per heavy atom. The molecule has 0 spiro atoms. The van der Waals surface area contributed by atoms with Gasteiger partial charge in [-0.3, -0.25) is 0 Å². The van der Waals surface area contributed by atoms with Crippen LogP contribution in [-0.2, 0) is 14.3 Å². The van der Waals surface area contributed by atoms with Crippen LogP contribution in [0.2, 0.25) is 0 Å². The minimum atomic E-state index is -1.14. The molecule has 0 aromatic heterocycles. The number of hydrogen-bond donors (Lipinski definition) is 2. The fourth-order valence-electron chi connectivity index (χ4n) is 1.51. The maximum Gasteiger partial charge on any atom is 0.371 e. The Bertz CT molecular complexity index is 338. The summed E-state index contributed by atoms with van der Waals surface area (Å²) in [4.78, 5) is 14.9. The van der Waals surface area contributed by atoms with E-state index in [1.807, 2.05) is 6.92 Å². The summed E-state index contributed by atoms with van der Waals surface area (Å²) in [6, 6.07) is 0. The number of rotatable bonds is 5. The summed E-state index contributed by atoms with van der Waals surface area (Å²) in [7, 11) is 2.95. The maximum absolute atomic E-state index is 10.9. The standard InChI is InChI=1S/C10H16N2O4/c1-4-5-10(16-3)6-7(15-2)11-8(12-10)9(13)14/h6H,4-5H2,1-3H3,(H,11,12)(H,13,14). The number of nitrogens with zero attached hydrogens (tertiary/aromatic N) is 1. The summed E-state index contributed by atoms with van der Waals surface area (Å²) in [5, 5.41) is 11.5. The monoisotopic (exact) mass is 228 g/mol. The van der Waals surface area contributed by atoms with E-state index in [9.17, 15) is 4.79 Å². The number of methoxy groups -OCH3 is 2. The van der Waals surface area contributed by atoms with Gasteiger partial charge in [0, 0.05) is 19.6 Å². The quantitative estimate of drug-likeness (QED) is 0.724. The van der Waals surface area contributed by atoms with Crippen LogP contribution in [0.3, 0.4) is 0 Å². The van der Waals surface area contributed by atoms with Crippen molar-refractivity contribution in [2.24, 2.45) is 4.99 Å². The highest BCUT2D eigenvalue weighted by Crippen LogP contribution is 2.25. The molecule has 1 aliphatic rings. The number of aliphatic imine (C=N–C) groups is 1. The number of carboxylic acid groups (broad SMARTS) is 1. The molecule has 1 atom stereocenters. The molecular weight excluding hydrogens is 212 g/mol. The van der Waals surface area contributed by atoms with Crippen molar-refractivity contribution in [2.45, 2.75) is 25.5 Å². The lowest BCUT2D eigenvalue weighted by Gasteiger charge is -2.29. The lowest BCUT2D eigenvalue weighted by molar-refractivity contribution is -0.129. The van der Waals surface area contributed by atoms with Gasteiger partial charge in [-0.2, -0.15) is 0 Å². The number of nitrogens with one attached hydrogen (secondary N) is 1. The molecule has 0 amide bonds. The van der Waals surface area contributed by atoms with E-state index in [0.717, 1.165) is 6.42 Å². The van der Waals surface area contributed by atoms with E-state index in [1.165, 1.54) is 14.2 Å². The van der Waals surface area contributed by atoms with E-state index >= 15 is 0 Å². The molecule has 0 fully saturated rings. The summed E-state index contributed by atoms with van der Waals surface area (Å²) >= 11 is 0. The van der Waals surface area contributed by atoms with Crippen LogP contribution in [0.4, 0.5) is 0 Å². The number of ether oxygens (including phenoxy) is 2. The van der Waals surface area contributed by atoms with Gasteiger partial charge in [0.05, 0.1) is 7.11 Å². The average molecular weight is 228 g/mol. The Kier molecular flexibility index (Phi) is 3.89. The Balaban J connectivity index is 3.07. The van der Waals surface area contributed by atoms with E-state index < -0.39 is 11.7 Å². The SMILES string of the molecule is CCCC1(OC)C=C(OC)NC(C(=O)O)=N1. The van der Waals surface area contributed by atoms with E-state index in [1.54, 1.807) is 6.08 Å². The maximum atomic E-state index is 10.9. The van der Waals surface area contributed by atoms with Crippen molar-refractivity contribution in [1.29, 1.82) is 0 Å². The van der Waals surface area contributed by atoms with Gasteiger partial charge >= 0.3 is 5.97 Å². The molecule has 1 rings (SSSR count). The Hall–Kier alpha value is -1.56. The van der Waals surface area contributed by atoms with Gasteiger partial charge in [0.1, 0.15) is 0 Å². The van der Waals surface area contributed by atoms with E-state index in [0.29, 0.717) is 12.3 Å². The molecule has 0 aromatic carbocycles. The van der Waals surface area contributed by atoms with Crippen molar-refractivity contribution in [2.75, 3.05) is 14.2 Å². The van der Waals surface area contributed by atoms with Gasteiger partial charge in [0.25, 0.3) is 0 Å². The second-order valence-corrected chi connectivity index (χ2v) is 3.40. The molecule has 90 valence electrons. The normalized spacial score (nSPS) is 24.2. The molecule has 2 N–H and O–H groups in total. The first-order valence-corrected chi connectivity index (χ1v) is 4.99. The first-order valence-electron chi connectivity index (χ1n) is 4.99. The highest BCUT2D eigenvalue weighted by molar-refractivity contribution is 6.35. The molecule has 6 heteroatoms. The molecule has 0 saturated heterocycles. The molecule has 0 aliphatic carbocycles. The predicted octanol–water partition coefficient (Wildman–Crippen LogP) is 0.703. The smallest absolute Gasteiger partial charge is 0.371 e. The minimum absolute atomic E-state index is 0.172. The van der Waals surface area contributed by atoms with Crippen molar-refractivity contribution in [3.05, 3.63) is 12.0 Å². The molecule has 0 bridgehead atoms. The van der Waals surface area contributed by atoms with Crippen molar-refractivity contribution in [3.8, 4) is 0 Å². The summed E-state index contributed by atoms with van der Waals surface area (Å²) in [6.45, 7) is 1.97. The van der Waals surface area contributed by atoms with E-state index in [2.05, 4.69) is 10.3 Å². The molecular formula is C10H16N2O4. The van der Waals surface area contributed by atoms with Gasteiger partial charge in [0.2, 0.25) is 5.84 Å². The highest BCUT2D eigenvalue weighted by atomic mass is 16.5. The van der Waals surface area contributed by atoms with Gasteiger partial charge in [-0.25, -0.2) is 9.79 Å².